The van der Waals surface area contributed by atoms with Gasteiger partial charge < -0.3 is 25.4 Å². The molecule has 100 valence electrons. The topological polar surface area (TPSA) is 116 Å². The molecule has 4 N–H and O–H groups in total. The molecule has 0 aliphatic carbocycles. The highest BCUT2D eigenvalue weighted by Crippen LogP contribution is 1.92. The molecule has 0 radical (unpaired) electrons. The third-order valence-corrected chi connectivity index (χ3v) is 2.25. The van der Waals surface area contributed by atoms with Crippen molar-refractivity contribution in [3.8, 4) is 0 Å². The SMILES string of the molecule is C[C@@H](O)[C@H](NC(=O)NCCn1ccnc1)C(=O)O. The van der Waals surface area contributed by atoms with E-state index in [4.69, 9.17) is 5.11 Å². The highest BCUT2D eigenvalue weighted by molar-refractivity contribution is 5.82. The third kappa shape index (κ3) is 4.42. The number of aliphatic hydroxyl groups excluding tert-OH is 1. The first-order valence-electron chi connectivity index (χ1n) is 5.41. The summed E-state index contributed by atoms with van der Waals surface area (Å²) in [7, 11) is 0. The molecule has 1 aromatic heterocycles. The predicted octanol–water partition coefficient (Wildman–Crippen LogP) is -0.984. The number of rotatable bonds is 6. The minimum Gasteiger partial charge on any atom is -0.480 e. The van der Waals surface area contributed by atoms with Gasteiger partial charge in [-0.15, -0.1) is 0 Å². The predicted molar refractivity (Wildman–Crippen MR) is 61.9 cm³/mol. The lowest BCUT2D eigenvalue weighted by Crippen LogP contribution is -2.51. The minimum atomic E-state index is -1.32. The van der Waals surface area contributed by atoms with E-state index in [2.05, 4.69) is 15.6 Å². The number of imidazole rings is 1. The summed E-state index contributed by atoms with van der Waals surface area (Å²) in [6.45, 7) is 2.15. The van der Waals surface area contributed by atoms with Crippen molar-refractivity contribution in [1.29, 1.82) is 0 Å². The molecule has 18 heavy (non-hydrogen) atoms. The highest BCUT2D eigenvalue weighted by atomic mass is 16.4. The van der Waals surface area contributed by atoms with Crippen LogP contribution in [0.25, 0.3) is 0 Å². The zero-order valence-electron chi connectivity index (χ0n) is 9.91. The van der Waals surface area contributed by atoms with Gasteiger partial charge in [-0.25, -0.2) is 14.6 Å². The van der Waals surface area contributed by atoms with Gasteiger partial charge in [-0.2, -0.15) is 0 Å². The first-order valence-corrected chi connectivity index (χ1v) is 5.41. The van der Waals surface area contributed by atoms with E-state index in [0.717, 1.165) is 0 Å². The van der Waals surface area contributed by atoms with Crippen molar-refractivity contribution in [2.24, 2.45) is 0 Å². The summed E-state index contributed by atoms with van der Waals surface area (Å²) in [5, 5.41) is 22.6. The summed E-state index contributed by atoms with van der Waals surface area (Å²) in [5.41, 5.74) is 0. The number of aromatic nitrogens is 2. The molecule has 1 heterocycles. The van der Waals surface area contributed by atoms with Crippen LogP contribution >= 0.6 is 0 Å². The first kappa shape index (κ1) is 14.0. The van der Waals surface area contributed by atoms with Crippen LogP contribution < -0.4 is 10.6 Å². The Balaban J connectivity index is 2.30. The quantitative estimate of drug-likeness (QED) is 0.522. The summed E-state index contributed by atoms with van der Waals surface area (Å²) in [5.74, 6) is -1.28. The lowest BCUT2D eigenvalue weighted by molar-refractivity contribution is -0.141. The molecule has 0 aliphatic rings. The van der Waals surface area contributed by atoms with Crippen molar-refractivity contribution >= 4 is 12.0 Å². The van der Waals surface area contributed by atoms with Crippen molar-refractivity contribution in [3.05, 3.63) is 18.7 Å². The molecular formula is C10H16N4O4. The maximum absolute atomic E-state index is 11.4. The molecule has 2 amide bonds. The van der Waals surface area contributed by atoms with E-state index in [1.807, 2.05) is 0 Å². The number of hydrogen-bond acceptors (Lipinski definition) is 4. The van der Waals surface area contributed by atoms with E-state index >= 15 is 0 Å². The number of amides is 2. The lowest BCUT2D eigenvalue weighted by Gasteiger charge is -2.17. The molecule has 2 atom stereocenters. The molecule has 8 heteroatoms. The maximum Gasteiger partial charge on any atom is 0.328 e. The van der Waals surface area contributed by atoms with E-state index in [1.54, 1.807) is 23.3 Å². The fraction of sp³-hybridized carbons (Fsp3) is 0.500. The maximum atomic E-state index is 11.4. The molecule has 0 fully saturated rings. The van der Waals surface area contributed by atoms with Crippen LogP contribution in [0.15, 0.2) is 18.7 Å². The largest absolute Gasteiger partial charge is 0.480 e. The molecule has 0 aliphatic heterocycles. The van der Waals surface area contributed by atoms with Gasteiger partial charge in [0.1, 0.15) is 0 Å². The average Bonchev–Trinajstić information content (AvgIpc) is 2.78. The second-order valence-electron chi connectivity index (χ2n) is 3.76. The van der Waals surface area contributed by atoms with Crippen molar-refractivity contribution in [2.75, 3.05) is 6.54 Å². The van der Waals surface area contributed by atoms with Crippen LogP contribution in [0.4, 0.5) is 4.79 Å². The number of aliphatic hydroxyl groups is 1. The Morgan fingerprint density at radius 3 is 2.72 bits per heavy atom. The third-order valence-electron chi connectivity index (χ3n) is 2.25. The number of nitrogens with zero attached hydrogens (tertiary/aromatic N) is 2. The summed E-state index contributed by atoms with van der Waals surface area (Å²) in [6, 6.07) is -1.96. The van der Waals surface area contributed by atoms with Gasteiger partial charge in [0.2, 0.25) is 0 Å². The Kier molecular flexibility index (Phi) is 5.12. The van der Waals surface area contributed by atoms with E-state index in [-0.39, 0.29) is 0 Å². The van der Waals surface area contributed by atoms with E-state index in [1.165, 1.54) is 6.92 Å². The molecule has 1 aromatic rings. The molecule has 0 unspecified atom stereocenters. The Bertz CT molecular complexity index is 391. The van der Waals surface area contributed by atoms with Crippen molar-refractivity contribution in [2.45, 2.75) is 25.6 Å². The molecule has 0 spiro atoms. The van der Waals surface area contributed by atoms with Crippen LogP contribution in [-0.4, -0.2) is 50.5 Å². The number of carbonyl (C=O) groups is 2. The van der Waals surface area contributed by atoms with Crippen molar-refractivity contribution < 1.29 is 19.8 Å². The molecule has 0 aromatic carbocycles. The van der Waals surface area contributed by atoms with Crippen LogP contribution in [0.1, 0.15) is 6.92 Å². The van der Waals surface area contributed by atoms with Crippen LogP contribution in [-0.2, 0) is 11.3 Å². The molecule has 0 bridgehead atoms. The van der Waals surface area contributed by atoms with Crippen molar-refractivity contribution in [3.63, 3.8) is 0 Å². The number of carbonyl (C=O) groups excluding carboxylic acids is 1. The van der Waals surface area contributed by atoms with E-state index in [9.17, 15) is 14.7 Å². The Morgan fingerprint density at radius 1 is 1.50 bits per heavy atom. The summed E-state index contributed by atoms with van der Waals surface area (Å²) >= 11 is 0. The number of carboxylic acids is 1. The van der Waals surface area contributed by atoms with E-state index < -0.39 is 24.1 Å². The highest BCUT2D eigenvalue weighted by Gasteiger charge is 2.24. The molecule has 0 saturated carbocycles. The van der Waals surface area contributed by atoms with Gasteiger partial charge in [0, 0.05) is 25.5 Å². The van der Waals surface area contributed by atoms with E-state index in [0.29, 0.717) is 13.1 Å². The summed E-state index contributed by atoms with van der Waals surface area (Å²) in [4.78, 5) is 25.9. The van der Waals surface area contributed by atoms with Gasteiger partial charge >= 0.3 is 12.0 Å². The van der Waals surface area contributed by atoms with Gasteiger partial charge in [0.05, 0.1) is 12.4 Å². The molecule has 8 nitrogen and oxygen atoms in total. The summed E-state index contributed by atoms with van der Waals surface area (Å²) < 4.78 is 1.77. The Hall–Kier alpha value is -2.09. The van der Waals surface area contributed by atoms with Gasteiger partial charge in [-0.1, -0.05) is 0 Å². The Morgan fingerprint density at radius 2 is 2.22 bits per heavy atom. The smallest absolute Gasteiger partial charge is 0.328 e. The first-order chi connectivity index (χ1) is 8.50. The second kappa shape index (κ2) is 6.60. The molecule has 1 rings (SSSR count). The number of aliphatic carboxylic acids is 1. The Labute approximate surface area is 104 Å². The summed E-state index contributed by atoms with van der Waals surface area (Å²) in [6.07, 6.45) is 3.81. The minimum absolute atomic E-state index is 0.328. The zero-order valence-corrected chi connectivity index (χ0v) is 9.91. The van der Waals surface area contributed by atoms with Gasteiger partial charge in [-0.3, -0.25) is 0 Å². The van der Waals surface area contributed by atoms with Gasteiger partial charge in [0.15, 0.2) is 6.04 Å². The van der Waals surface area contributed by atoms with Crippen LogP contribution in [0.3, 0.4) is 0 Å². The fourth-order valence-electron chi connectivity index (χ4n) is 1.30. The number of hydrogen-bond donors (Lipinski definition) is 4. The van der Waals surface area contributed by atoms with Crippen LogP contribution in [0, 0.1) is 0 Å². The van der Waals surface area contributed by atoms with Crippen LogP contribution in [0.5, 0.6) is 0 Å². The number of nitrogens with one attached hydrogen (secondary N) is 2. The van der Waals surface area contributed by atoms with Gasteiger partial charge in [0.25, 0.3) is 0 Å². The fourth-order valence-corrected chi connectivity index (χ4v) is 1.30. The number of urea groups is 1. The standard InChI is InChI=1S/C10H16N4O4/c1-7(15)8(9(16)17)13-10(18)12-3-5-14-4-2-11-6-14/h2,4,6-8,15H,3,5H2,1H3,(H,16,17)(H2,12,13,18)/t7-,8+/m1/s1. The number of carboxylic acid groups (broad SMARTS) is 1. The van der Waals surface area contributed by atoms with Crippen molar-refractivity contribution in [1.82, 2.24) is 20.2 Å². The lowest BCUT2D eigenvalue weighted by atomic mass is 10.2. The second-order valence-corrected chi connectivity index (χ2v) is 3.76. The zero-order chi connectivity index (χ0) is 13.5. The monoisotopic (exact) mass is 256 g/mol. The normalized spacial score (nSPS) is 13.7. The molecular weight excluding hydrogens is 240 g/mol. The average molecular weight is 256 g/mol. The molecule has 0 saturated heterocycles. The van der Waals surface area contributed by atoms with Gasteiger partial charge in [-0.05, 0) is 6.92 Å². The van der Waals surface area contributed by atoms with Crippen LogP contribution in [0.2, 0.25) is 0 Å².